The summed E-state index contributed by atoms with van der Waals surface area (Å²) in [5.41, 5.74) is 7.65. The first-order chi connectivity index (χ1) is 27.7. The molecule has 0 amide bonds. The highest BCUT2D eigenvalue weighted by Gasteiger charge is 2.25. The predicted octanol–water partition coefficient (Wildman–Crippen LogP) is 14.3. The number of benzene rings is 6. The third kappa shape index (κ3) is 10.2. The molecule has 7 heteroatoms. The zero-order chi connectivity index (χ0) is 40.4. The van der Waals surface area contributed by atoms with Crippen molar-refractivity contribution in [1.29, 1.82) is 0 Å². The largest absolute Gasteiger partial charge is 0.530 e. The smallest absolute Gasteiger partial charge is 0.409 e. The van der Waals surface area contributed by atoms with Crippen LogP contribution in [0.3, 0.4) is 0 Å². The third-order valence-corrected chi connectivity index (χ3v) is 13.3. The molecular formula is C50H59O5PS. The first-order valence-electron chi connectivity index (χ1n) is 21.1. The second-order valence-corrected chi connectivity index (χ2v) is 18.1. The molecule has 0 bridgehead atoms. The molecule has 0 aliphatic carbocycles. The van der Waals surface area contributed by atoms with Gasteiger partial charge in [-0.2, -0.15) is 0 Å². The third-order valence-electron chi connectivity index (χ3n) is 10.4. The van der Waals surface area contributed by atoms with Gasteiger partial charge in [0.15, 0.2) is 0 Å². The Hall–Kier alpha value is -4.38. The SMILES string of the molecule is CCCc1cc(CCC)c2cc(OP(Oc3ccc(S(=O)(=O)c4ccccc4)cc3)Oc3cc4c(CCC)cc(CCC)cc4cc3CCC)c(CCC)cc2c1. The molecule has 0 saturated heterocycles. The number of fused-ring (bicyclic) bond motifs is 2. The van der Waals surface area contributed by atoms with E-state index in [1.807, 2.05) is 6.07 Å². The lowest BCUT2D eigenvalue weighted by Crippen LogP contribution is -2.06. The van der Waals surface area contributed by atoms with Crippen LogP contribution < -0.4 is 13.6 Å². The van der Waals surface area contributed by atoms with Crippen molar-refractivity contribution < 1.29 is 22.0 Å². The molecule has 0 aliphatic heterocycles. The minimum atomic E-state index is -3.69. The maximum absolute atomic E-state index is 13.4. The Morgan fingerprint density at radius 1 is 0.439 bits per heavy atom. The lowest BCUT2D eigenvalue weighted by molar-refractivity contribution is 0.385. The normalized spacial score (nSPS) is 11.8. The van der Waals surface area contributed by atoms with E-state index in [0.717, 1.165) is 99.7 Å². The van der Waals surface area contributed by atoms with Crippen LogP contribution in [0.25, 0.3) is 21.5 Å². The molecule has 6 aromatic rings. The fraction of sp³-hybridized carbons (Fsp3) is 0.360. The van der Waals surface area contributed by atoms with Gasteiger partial charge in [-0.05, 0) is 154 Å². The van der Waals surface area contributed by atoms with Crippen molar-refractivity contribution in [3.05, 3.63) is 137 Å². The fourth-order valence-electron chi connectivity index (χ4n) is 7.80. The molecular weight excluding hydrogens is 744 g/mol. The van der Waals surface area contributed by atoms with E-state index in [9.17, 15) is 8.42 Å². The van der Waals surface area contributed by atoms with E-state index in [1.165, 1.54) is 43.8 Å². The van der Waals surface area contributed by atoms with Crippen LogP contribution in [-0.4, -0.2) is 8.42 Å². The van der Waals surface area contributed by atoms with E-state index in [2.05, 4.69) is 90.1 Å². The van der Waals surface area contributed by atoms with Gasteiger partial charge >= 0.3 is 8.60 Å². The molecule has 300 valence electrons. The highest BCUT2D eigenvalue weighted by atomic mass is 32.2. The maximum Gasteiger partial charge on any atom is 0.530 e. The molecule has 0 saturated carbocycles. The Morgan fingerprint density at radius 3 is 1.30 bits per heavy atom. The monoisotopic (exact) mass is 802 g/mol. The van der Waals surface area contributed by atoms with Crippen LogP contribution >= 0.6 is 8.60 Å². The topological polar surface area (TPSA) is 61.8 Å². The van der Waals surface area contributed by atoms with E-state index >= 15 is 0 Å². The number of hydrogen-bond donors (Lipinski definition) is 0. The van der Waals surface area contributed by atoms with Gasteiger partial charge in [-0.3, -0.25) is 0 Å². The standard InChI is InChI=1S/C50H59O5PS/c1-7-16-36-28-38(18-9-3)47-34-49(40(20-11-5)32-42(47)30-36)54-56(53-44-24-26-46(27-25-44)57(51,52)45-22-14-13-15-23-45)55-50-35-48-39(19-10-4)29-37(17-8-2)31-43(48)33-41(50)21-12-6/h13-15,22-35H,7-12,16-21H2,1-6H3. The van der Waals surface area contributed by atoms with E-state index in [0.29, 0.717) is 5.75 Å². The zero-order valence-corrected chi connectivity index (χ0v) is 36.4. The van der Waals surface area contributed by atoms with Gasteiger partial charge in [0.1, 0.15) is 17.2 Å². The van der Waals surface area contributed by atoms with Gasteiger partial charge in [-0.25, -0.2) is 8.42 Å². The van der Waals surface area contributed by atoms with E-state index < -0.39 is 18.4 Å². The molecule has 6 aromatic carbocycles. The molecule has 0 radical (unpaired) electrons. The van der Waals surface area contributed by atoms with Crippen LogP contribution in [0, 0.1) is 0 Å². The van der Waals surface area contributed by atoms with Crippen LogP contribution in [0.2, 0.25) is 0 Å². The van der Waals surface area contributed by atoms with Crippen molar-refractivity contribution >= 4 is 40.0 Å². The first kappa shape index (κ1) is 42.2. The molecule has 0 aromatic heterocycles. The van der Waals surface area contributed by atoms with Gasteiger partial charge in [0.05, 0.1) is 9.79 Å². The van der Waals surface area contributed by atoms with Crippen molar-refractivity contribution in [2.24, 2.45) is 0 Å². The van der Waals surface area contributed by atoms with E-state index in [-0.39, 0.29) is 9.79 Å². The summed E-state index contributed by atoms with van der Waals surface area (Å²) in [5.74, 6) is 1.98. The van der Waals surface area contributed by atoms with Crippen molar-refractivity contribution in [2.75, 3.05) is 0 Å². The number of hydrogen-bond acceptors (Lipinski definition) is 5. The van der Waals surface area contributed by atoms with Crippen LogP contribution in [0.1, 0.15) is 113 Å². The molecule has 0 unspecified atom stereocenters. The van der Waals surface area contributed by atoms with Gasteiger partial charge in [-0.15, -0.1) is 0 Å². The van der Waals surface area contributed by atoms with Crippen molar-refractivity contribution in [3.8, 4) is 17.2 Å². The average Bonchev–Trinajstić information content (AvgIpc) is 3.20. The van der Waals surface area contributed by atoms with Gasteiger partial charge in [0.2, 0.25) is 9.84 Å². The number of sulfone groups is 1. The Balaban J connectivity index is 1.45. The summed E-state index contributed by atoms with van der Waals surface area (Å²) in [6, 6.07) is 33.5. The zero-order valence-electron chi connectivity index (χ0n) is 34.7. The van der Waals surface area contributed by atoms with E-state index in [4.69, 9.17) is 13.6 Å². The van der Waals surface area contributed by atoms with Crippen molar-refractivity contribution in [2.45, 2.75) is 128 Å². The Labute approximate surface area is 342 Å². The maximum atomic E-state index is 13.4. The summed E-state index contributed by atoms with van der Waals surface area (Å²) in [4.78, 5) is 0.448. The fourth-order valence-corrected chi connectivity index (χ4v) is 10.2. The highest BCUT2D eigenvalue weighted by molar-refractivity contribution is 7.91. The lowest BCUT2D eigenvalue weighted by Gasteiger charge is -2.23. The molecule has 57 heavy (non-hydrogen) atoms. The van der Waals surface area contributed by atoms with Gasteiger partial charge in [0, 0.05) is 0 Å². The molecule has 0 heterocycles. The van der Waals surface area contributed by atoms with E-state index in [1.54, 1.807) is 48.5 Å². The van der Waals surface area contributed by atoms with Crippen molar-refractivity contribution in [1.82, 2.24) is 0 Å². The summed E-state index contributed by atoms with van der Waals surface area (Å²) >= 11 is 0. The molecule has 0 atom stereocenters. The Kier molecular flexibility index (Phi) is 14.7. The summed E-state index contributed by atoms with van der Waals surface area (Å²) in [5, 5.41) is 4.88. The van der Waals surface area contributed by atoms with Crippen molar-refractivity contribution in [3.63, 3.8) is 0 Å². The minimum Gasteiger partial charge on any atom is -0.409 e. The second kappa shape index (κ2) is 19.9. The Bertz CT molecular complexity index is 2260. The molecule has 0 fully saturated rings. The summed E-state index contributed by atoms with van der Waals surface area (Å²) in [7, 11) is -5.74. The van der Waals surface area contributed by atoms with Gasteiger partial charge < -0.3 is 13.6 Å². The second-order valence-electron chi connectivity index (χ2n) is 15.2. The Morgan fingerprint density at radius 2 is 0.860 bits per heavy atom. The molecule has 0 spiro atoms. The molecule has 6 rings (SSSR count). The molecule has 5 nitrogen and oxygen atoms in total. The van der Waals surface area contributed by atoms with Gasteiger partial charge in [0.25, 0.3) is 0 Å². The molecule has 0 N–H and O–H groups in total. The van der Waals surface area contributed by atoms with Crippen LogP contribution in [0.15, 0.2) is 113 Å². The quantitative estimate of drug-likeness (QED) is 0.0720. The first-order valence-corrected chi connectivity index (χ1v) is 23.7. The van der Waals surface area contributed by atoms with Crippen LogP contribution in [-0.2, 0) is 48.4 Å². The van der Waals surface area contributed by atoms with Gasteiger partial charge in [-0.1, -0.05) is 123 Å². The summed E-state index contributed by atoms with van der Waals surface area (Å²) in [6.45, 7) is 13.3. The number of aryl methyl sites for hydroxylation is 6. The highest BCUT2D eigenvalue weighted by Crippen LogP contribution is 2.47. The number of rotatable bonds is 20. The lowest BCUT2D eigenvalue weighted by atomic mass is 9.94. The minimum absolute atomic E-state index is 0.198. The van der Waals surface area contributed by atoms with Crippen LogP contribution in [0.5, 0.6) is 17.2 Å². The predicted molar refractivity (Wildman–Crippen MR) is 239 cm³/mol. The summed E-state index contributed by atoms with van der Waals surface area (Å²) in [6.07, 6.45) is 12.0. The van der Waals surface area contributed by atoms with Crippen LogP contribution in [0.4, 0.5) is 0 Å². The summed E-state index contributed by atoms with van der Waals surface area (Å²) < 4.78 is 47.5. The molecule has 0 aliphatic rings. The average molecular weight is 803 g/mol.